The van der Waals surface area contributed by atoms with Crippen molar-refractivity contribution in [2.24, 2.45) is 5.73 Å². The zero-order valence-electron chi connectivity index (χ0n) is 10.4. The molecule has 0 saturated carbocycles. The van der Waals surface area contributed by atoms with Gasteiger partial charge in [-0.3, -0.25) is 10.2 Å². The van der Waals surface area contributed by atoms with Crippen LogP contribution < -0.4 is 11.1 Å². The topological polar surface area (TPSA) is 99.2 Å². The van der Waals surface area contributed by atoms with Crippen LogP contribution in [0.5, 0.6) is 0 Å². The summed E-state index contributed by atoms with van der Waals surface area (Å²) in [7, 11) is 0. The maximum absolute atomic E-state index is 11.3. The van der Waals surface area contributed by atoms with E-state index >= 15 is 0 Å². The van der Waals surface area contributed by atoms with Gasteiger partial charge in [0.2, 0.25) is 0 Å². The largest absolute Gasteiger partial charge is 0.481 e. The fourth-order valence-electron chi connectivity index (χ4n) is 1.88. The number of hydrogen-bond donors (Lipinski definition) is 4. The molecule has 1 rings (SSSR count). The molecule has 0 aliphatic heterocycles. The Labute approximate surface area is 107 Å². The first-order valence-electron chi connectivity index (χ1n) is 5.99. The van der Waals surface area contributed by atoms with Gasteiger partial charge in [0.05, 0.1) is 5.92 Å². The van der Waals surface area contributed by atoms with Gasteiger partial charge in [-0.1, -0.05) is 38.0 Å². The molecule has 0 fully saturated rings. The van der Waals surface area contributed by atoms with Crippen molar-refractivity contribution < 1.29 is 9.90 Å². The molecule has 98 valence electrons. The van der Waals surface area contributed by atoms with Crippen molar-refractivity contribution in [3.8, 4) is 0 Å². The predicted octanol–water partition coefficient (Wildman–Crippen LogP) is 2.35. The summed E-state index contributed by atoms with van der Waals surface area (Å²) < 4.78 is 0. The third-order valence-electron chi connectivity index (χ3n) is 2.75. The number of rotatable bonds is 6. The van der Waals surface area contributed by atoms with Gasteiger partial charge in [0.1, 0.15) is 0 Å². The number of aliphatic carboxylic acids is 1. The average molecular weight is 249 g/mol. The minimum atomic E-state index is -0.846. The molecule has 1 aromatic rings. The number of carboxylic acids is 1. The number of nitrogens with two attached hydrogens (primary N) is 1. The second-order valence-electron chi connectivity index (χ2n) is 4.16. The molecule has 0 saturated heterocycles. The molecule has 5 N–H and O–H groups in total. The van der Waals surface area contributed by atoms with Crippen LogP contribution in [-0.2, 0) is 4.79 Å². The van der Waals surface area contributed by atoms with Gasteiger partial charge < -0.3 is 16.2 Å². The second kappa shape index (κ2) is 6.64. The van der Waals surface area contributed by atoms with Crippen molar-refractivity contribution >= 4 is 17.6 Å². The van der Waals surface area contributed by atoms with Crippen LogP contribution in [-0.4, -0.2) is 17.0 Å². The van der Waals surface area contributed by atoms with Crippen molar-refractivity contribution in [3.63, 3.8) is 0 Å². The van der Waals surface area contributed by atoms with E-state index in [1.165, 1.54) is 0 Å². The quantitative estimate of drug-likeness (QED) is 0.459. The first-order chi connectivity index (χ1) is 8.56. The monoisotopic (exact) mass is 249 g/mol. The van der Waals surface area contributed by atoms with Crippen LogP contribution in [0.3, 0.4) is 0 Å². The molecule has 0 aliphatic carbocycles. The minimum absolute atomic E-state index is 0.193. The molecule has 0 heterocycles. The van der Waals surface area contributed by atoms with E-state index in [9.17, 15) is 9.90 Å². The highest BCUT2D eigenvalue weighted by atomic mass is 16.4. The molecule has 18 heavy (non-hydrogen) atoms. The summed E-state index contributed by atoms with van der Waals surface area (Å²) in [5, 5.41) is 19.2. The van der Waals surface area contributed by atoms with Crippen LogP contribution in [0.1, 0.15) is 37.7 Å². The molecule has 0 aromatic heterocycles. The van der Waals surface area contributed by atoms with E-state index < -0.39 is 11.9 Å². The van der Waals surface area contributed by atoms with Crippen LogP contribution >= 0.6 is 0 Å². The molecule has 0 bridgehead atoms. The third kappa shape index (κ3) is 3.76. The van der Waals surface area contributed by atoms with E-state index in [-0.39, 0.29) is 5.96 Å². The molecule has 0 radical (unpaired) electrons. The predicted molar refractivity (Wildman–Crippen MR) is 71.9 cm³/mol. The Balaban J connectivity index is 3.02. The summed E-state index contributed by atoms with van der Waals surface area (Å²) >= 11 is 0. The molecule has 0 spiro atoms. The molecule has 5 nitrogen and oxygen atoms in total. The van der Waals surface area contributed by atoms with Crippen molar-refractivity contribution in [2.75, 3.05) is 5.32 Å². The van der Waals surface area contributed by atoms with E-state index in [4.69, 9.17) is 11.1 Å². The summed E-state index contributed by atoms with van der Waals surface area (Å²) in [6, 6.07) is 7.08. The lowest BCUT2D eigenvalue weighted by Crippen LogP contribution is -2.22. The zero-order valence-corrected chi connectivity index (χ0v) is 10.4. The molecule has 0 aliphatic rings. The number of para-hydroxylation sites is 1. The molecule has 1 atom stereocenters. The summed E-state index contributed by atoms with van der Waals surface area (Å²) in [6.07, 6.45) is 2.39. The summed E-state index contributed by atoms with van der Waals surface area (Å²) in [5.41, 5.74) is 6.56. The van der Waals surface area contributed by atoms with E-state index in [1.54, 1.807) is 24.3 Å². The normalized spacial score (nSPS) is 11.8. The highest BCUT2D eigenvalue weighted by Crippen LogP contribution is 2.28. The van der Waals surface area contributed by atoms with E-state index in [0.29, 0.717) is 17.7 Å². The van der Waals surface area contributed by atoms with Crippen LogP contribution in [0.2, 0.25) is 0 Å². The van der Waals surface area contributed by atoms with Gasteiger partial charge in [-0.05, 0) is 18.1 Å². The second-order valence-corrected chi connectivity index (χ2v) is 4.16. The number of anilines is 1. The molecular weight excluding hydrogens is 230 g/mol. The average Bonchev–Trinajstić information content (AvgIpc) is 2.30. The maximum atomic E-state index is 11.3. The van der Waals surface area contributed by atoms with Crippen LogP contribution in [0.25, 0.3) is 0 Å². The van der Waals surface area contributed by atoms with Gasteiger partial charge in [-0.15, -0.1) is 0 Å². The van der Waals surface area contributed by atoms with Crippen molar-refractivity contribution in [3.05, 3.63) is 29.8 Å². The maximum Gasteiger partial charge on any atom is 0.311 e. The fraction of sp³-hybridized carbons (Fsp3) is 0.385. The molecular formula is C13H19N3O2. The third-order valence-corrected chi connectivity index (χ3v) is 2.75. The van der Waals surface area contributed by atoms with Crippen LogP contribution in [0, 0.1) is 5.41 Å². The van der Waals surface area contributed by atoms with Gasteiger partial charge in [-0.2, -0.15) is 0 Å². The Hall–Kier alpha value is -2.04. The van der Waals surface area contributed by atoms with Gasteiger partial charge in [0.25, 0.3) is 0 Å². The number of hydrogen-bond acceptors (Lipinski definition) is 2. The molecule has 0 amide bonds. The Morgan fingerprint density at radius 3 is 2.72 bits per heavy atom. The van der Waals surface area contributed by atoms with Crippen molar-refractivity contribution in [2.45, 2.75) is 32.1 Å². The Morgan fingerprint density at radius 2 is 2.17 bits per heavy atom. The SMILES string of the molecule is CCCCC(C(=O)O)c1ccccc1NC(=N)N. The highest BCUT2D eigenvalue weighted by Gasteiger charge is 2.21. The first-order valence-corrected chi connectivity index (χ1v) is 5.99. The van der Waals surface area contributed by atoms with Crippen LogP contribution in [0.4, 0.5) is 5.69 Å². The summed E-state index contributed by atoms with van der Waals surface area (Å²) in [4.78, 5) is 11.3. The van der Waals surface area contributed by atoms with Crippen molar-refractivity contribution in [1.29, 1.82) is 5.41 Å². The fourth-order valence-corrected chi connectivity index (χ4v) is 1.88. The number of guanidine groups is 1. The molecule has 1 unspecified atom stereocenters. The van der Waals surface area contributed by atoms with E-state index in [2.05, 4.69) is 5.32 Å². The highest BCUT2D eigenvalue weighted by molar-refractivity contribution is 5.92. The Morgan fingerprint density at radius 1 is 1.50 bits per heavy atom. The number of carboxylic acid groups (broad SMARTS) is 1. The standard InChI is InChI=1S/C13H19N3O2/c1-2-3-6-10(12(17)18)9-7-4-5-8-11(9)16-13(14)15/h4-5,7-8,10H,2-3,6H2,1H3,(H,17,18)(H4,14,15,16). The van der Waals surface area contributed by atoms with Gasteiger partial charge in [0, 0.05) is 5.69 Å². The van der Waals surface area contributed by atoms with E-state index in [0.717, 1.165) is 12.8 Å². The van der Waals surface area contributed by atoms with Gasteiger partial charge in [-0.25, -0.2) is 0 Å². The Bertz CT molecular complexity index is 432. The zero-order chi connectivity index (χ0) is 13.5. The number of unbranched alkanes of at least 4 members (excludes halogenated alkanes) is 1. The van der Waals surface area contributed by atoms with Gasteiger partial charge >= 0.3 is 5.97 Å². The lowest BCUT2D eigenvalue weighted by Gasteiger charge is -2.17. The van der Waals surface area contributed by atoms with Crippen LogP contribution in [0.15, 0.2) is 24.3 Å². The van der Waals surface area contributed by atoms with Crippen molar-refractivity contribution in [1.82, 2.24) is 0 Å². The number of nitrogens with one attached hydrogen (secondary N) is 2. The Kier molecular flexibility index (Phi) is 5.17. The smallest absolute Gasteiger partial charge is 0.311 e. The molecule has 5 heteroatoms. The number of benzene rings is 1. The molecule has 1 aromatic carbocycles. The van der Waals surface area contributed by atoms with E-state index in [1.807, 2.05) is 6.92 Å². The number of carbonyl (C=O) groups is 1. The lowest BCUT2D eigenvalue weighted by molar-refractivity contribution is -0.139. The summed E-state index contributed by atoms with van der Waals surface area (Å²) in [5.74, 6) is -1.60. The first kappa shape index (κ1) is 14.0. The lowest BCUT2D eigenvalue weighted by atomic mass is 9.92. The minimum Gasteiger partial charge on any atom is -0.481 e. The van der Waals surface area contributed by atoms with Gasteiger partial charge in [0.15, 0.2) is 5.96 Å². The summed E-state index contributed by atoms with van der Waals surface area (Å²) in [6.45, 7) is 2.03.